The van der Waals surface area contributed by atoms with Crippen LogP contribution in [-0.2, 0) is 4.74 Å². The van der Waals surface area contributed by atoms with Crippen molar-refractivity contribution >= 4 is 17.5 Å². The van der Waals surface area contributed by atoms with E-state index in [1.165, 1.54) is 6.20 Å². The first kappa shape index (κ1) is 12.9. The van der Waals surface area contributed by atoms with Crippen LogP contribution in [0.4, 0.5) is 0 Å². The molecular formula is C11H15ClN2O2. The second-order valence-electron chi connectivity index (χ2n) is 3.58. The smallest absolute Gasteiger partial charge is 0.257 e. The average molecular weight is 243 g/mol. The summed E-state index contributed by atoms with van der Waals surface area (Å²) >= 11 is 5.93. The van der Waals surface area contributed by atoms with Crippen molar-refractivity contribution in [3.8, 4) is 0 Å². The second-order valence-corrected chi connectivity index (χ2v) is 3.98. The van der Waals surface area contributed by atoms with Crippen molar-refractivity contribution in [3.63, 3.8) is 0 Å². The molecule has 1 heterocycles. The van der Waals surface area contributed by atoms with E-state index >= 15 is 0 Å². The number of aromatic nitrogens is 1. The average Bonchev–Trinajstić information content (AvgIpc) is 2.28. The van der Waals surface area contributed by atoms with Crippen LogP contribution in [0.3, 0.4) is 0 Å². The number of methoxy groups -OCH3 is 1. The van der Waals surface area contributed by atoms with E-state index in [1.54, 1.807) is 31.3 Å². The number of ether oxygens (including phenoxy) is 1. The Kier molecular flexibility index (Phi) is 4.71. The lowest BCUT2D eigenvalue weighted by Crippen LogP contribution is -2.38. The molecule has 0 bridgehead atoms. The lowest BCUT2D eigenvalue weighted by Gasteiger charge is -2.24. The third-order valence-electron chi connectivity index (χ3n) is 2.39. The fraction of sp³-hybridized carbons (Fsp3) is 0.455. The fourth-order valence-corrected chi connectivity index (χ4v) is 1.46. The van der Waals surface area contributed by atoms with Gasteiger partial charge in [0.15, 0.2) is 0 Å². The van der Waals surface area contributed by atoms with Gasteiger partial charge >= 0.3 is 0 Å². The molecule has 0 fully saturated rings. The van der Waals surface area contributed by atoms with Crippen molar-refractivity contribution in [2.24, 2.45) is 0 Å². The minimum atomic E-state index is -0.150. The summed E-state index contributed by atoms with van der Waals surface area (Å²) in [6.07, 6.45) is 3.03. The molecule has 4 nitrogen and oxygen atoms in total. The molecule has 0 spiro atoms. The molecule has 5 heteroatoms. The third kappa shape index (κ3) is 2.93. The van der Waals surface area contributed by atoms with Crippen molar-refractivity contribution in [3.05, 3.63) is 29.0 Å². The van der Waals surface area contributed by atoms with Gasteiger partial charge in [0.05, 0.1) is 23.2 Å². The Labute approximate surface area is 100 Å². The van der Waals surface area contributed by atoms with E-state index in [0.717, 1.165) is 0 Å². The summed E-state index contributed by atoms with van der Waals surface area (Å²) in [4.78, 5) is 17.5. The van der Waals surface area contributed by atoms with Crippen molar-refractivity contribution < 1.29 is 9.53 Å². The minimum Gasteiger partial charge on any atom is -0.383 e. The summed E-state index contributed by atoms with van der Waals surface area (Å²) in [6, 6.07) is 1.60. The molecule has 88 valence electrons. The van der Waals surface area contributed by atoms with Gasteiger partial charge in [-0.2, -0.15) is 0 Å². The first-order valence-electron chi connectivity index (χ1n) is 4.93. The Bertz CT molecular complexity index is 371. The largest absolute Gasteiger partial charge is 0.383 e. The molecule has 0 aliphatic rings. The van der Waals surface area contributed by atoms with Crippen LogP contribution >= 0.6 is 11.6 Å². The number of rotatable bonds is 4. The third-order valence-corrected chi connectivity index (χ3v) is 2.72. The summed E-state index contributed by atoms with van der Waals surface area (Å²) in [5.74, 6) is -0.150. The highest BCUT2D eigenvalue weighted by Gasteiger charge is 2.19. The van der Waals surface area contributed by atoms with E-state index in [9.17, 15) is 4.79 Å². The van der Waals surface area contributed by atoms with Crippen LogP contribution in [0.5, 0.6) is 0 Å². The highest BCUT2D eigenvalue weighted by Crippen LogP contribution is 2.16. The standard InChI is InChI=1S/C11H15ClN2O2/c1-8(7-16-3)14(2)11(15)9-6-13-5-4-10(9)12/h4-6,8H,7H2,1-3H3. The van der Waals surface area contributed by atoms with Crippen LogP contribution in [0.2, 0.25) is 5.02 Å². The predicted octanol–water partition coefficient (Wildman–Crippen LogP) is 1.84. The van der Waals surface area contributed by atoms with Crippen molar-refractivity contribution in [2.45, 2.75) is 13.0 Å². The molecule has 0 saturated heterocycles. The van der Waals surface area contributed by atoms with Crippen LogP contribution in [0.25, 0.3) is 0 Å². The molecule has 1 amide bonds. The van der Waals surface area contributed by atoms with Gasteiger partial charge in [-0.1, -0.05) is 11.6 Å². The molecule has 1 aromatic rings. The topological polar surface area (TPSA) is 42.4 Å². The molecule has 1 unspecified atom stereocenters. The van der Waals surface area contributed by atoms with Crippen LogP contribution in [0, 0.1) is 0 Å². The zero-order valence-corrected chi connectivity index (χ0v) is 10.4. The Morgan fingerprint density at radius 2 is 2.38 bits per heavy atom. The van der Waals surface area contributed by atoms with E-state index in [4.69, 9.17) is 16.3 Å². The molecule has 0 N–H and O–H groups in total. The molecule has 0 aliphatic carbocycles. The van der Waals surface area contributed by atoms with Crippen LogP contribution in [0.15, 0.2) is 18.5 Å². The molecule has 0 saturated carbocycles. The van der Waals surface area contributed by atoms with Gasteiger partial charge < -0.3 is 9.64 Å². The Balaban J connectivity index is 2.82. The number of pyridine rings is 1. The van der Waals surface area contributed by atoms with Gasteiger partial charge in [0, 0.05) is 26.6 Å². The van der Waals surface area contributed by atoms with Crippen LogP contribution < -0.4 is 0 Å². The number of carbonyl (C=O) groups is 1. The maximum absolute atomic E-state index is 12.0. The van der Waals surface area contributed by atoms with E-state index < -0.39 is 0 Å². The van der Waals surface area contributed by atoms with E-state index in [0.29, 0.717) is 17.2 Å². The second kappa shape index (κ2) is 5.82. The molecule has 0 aliphatic heterocycles. The number of halogens is 1. The van der Waals surface area contributed by atoms with Crippen molar-refractivity contribution in [1.82, 2.24) is 9.88 Å². The number of carbonyl (C=O) groups excluding carboxylic acids is 1. The zero-order valence-electron chi connectivity index (χ0n) is 9.61. The van der Waals surface area contributed by atoms with Gasteiger partial charge in [0.1, 0.15) is 0 Å². The molecule has 1 rings (SSSR count). The molecular weight excluding hydrogens is 228 g/mol. The minimum absolute atomic E-state index is 0.00577. The summed E-state index contributed by atoms with van der Waals surface area (Å²) in [6.45, 7) is 2.39. The lowest BCUT2D eigenvalue weighted by molar-refractivity contribution is 0.0633. The summed E-state index contributed by atoms with van der Waals surface area (Å²) < 4.78 is 5.00. The Morgan fingerprint density at radius 3 is 2.94 bits per heavy atom. The molecule has 16 heavy (non-hydrogen) atoms. The Morgan fingerprint density at radius 1 is 1.69 bits per heavy atom. The van der Waals surface area contributed by atoms with E-state index in [2.05, 4.69) is 4.98 Å². The van der Waals surface area contributed by atoms with Gasteiger partial charge in [0.25, 0.3) is 5.91 Å². The van der Waals surface area contributed by atoms with Gasteiger partial charge in [-0.3, -0.25) is 9.78 Å². The van der Waals surface area contributed by atoms with E-state index in [1.807, 2.05) is 6.92 Å². The first-order valence-corrected chi connectivity index (χ1v) is 5.31. The number of hydrogen-bond acceptors (Lipinski definition) is 3. The first-order chi connectivity index (χ1) is 7.57. The predicted molar refractivity (Wildman–Crippen MR) is 62.7 cm³/mol. The highest BCUT2D eigenvalue weighted by atomic mass is 35.5. The highest BCUT2D eigenvalue weighted by molar-refractivity contribution is 6.33. The summed E-state index contributed by atoms with van der Waals surface area (Å²) in [5, 5.41) is 0.413. The van der Waals surface area contributed by atoms with Crippen molar-refractivity contribution in [1.29, 1.82) is 0 Å². The zero-order chi connectivity index (χ0) is 12.1. The Hall–Kier alpha value is -1.13. The molecule has 1 aromatic heterocycles. The number of amides is 1. The molecule has 1 atom stereocenters. The monoisotopic (exact) mass is 242 g/mol. The van der Waals surface area contributed by atoms with Gasteiger partial charge in [-0.05, 0) is 13.0 Å². The SMILES string of the molecule is COCC(C)N(C)C(=O)c1cnccc1Cl. The summed E-state index contributed by atoms with van der Waals surface area (Å²) in [5.41, 5.74) is 0.412. The summed E-state index contributed by atoms with van der Waals surface area (Å²) in [7, 11) is 3.32. The number of hydrogen-bond donors (Lipinski definition) is 0. The maximum atomic E-state index is 12.0. The van der Waals surface area contributed by atoms with Crippen LogP contribution in [0.1, 0.15) is 17.3 Å². The van der Waals surface area contributed by atoms with Gasteiger partial charge in [0.2, 0.25) is 0 Å². The quantitative estimate of drug-likeness (QED) is 0.809. The van der Waals surface area contributed by atoms with Gasteiger partial charge in [-0.15, -0.1) is 0 Å². The van der Waals surface area contributed by atoms with E-state index in [-0.39, 0.29) is 11.9 Å². The van der Waals surface area contributed by atoms with Crippen LogP contribution in [-0.4, -0.2) is 42.6 Å². The number of likely N-dealkylation sites (N-methyl/N-ethyl adjacent to an activating group) is 1. The lowest BCUT2D eigenvalue weighted by atomic mass is 10.2. The normalized spacial score (nSPS) is 12.2. The van der Waals surface area contributed by atoms with Crippen molar-refractivity contribution in [2.75, 3.05) is 20.8 Å². The number of nitrogens with zero attached hydrogens (tertiary/aromatic N) is 2. The van der Waals surface area contributed by atoms with Gasteiger partial charge in [-0.25, -0.2) is 0 Å². The maximum Gasteiger partial charge on any atom is 0.257 e. The fourth-order valence-electron chi connectivity index (χ4n) is 1.28. The molecule has 0 radical (unpaired) electrons. The molecule has 0 aromatic carbocycles.